The zero-order valence-electron chi connectivity index (χ0n) is 25.4. The number of halogens is 3. The van der Waals surface area contributed by atoms with Gasteiger partial charge in [0.25, 0.3) is 0 Å². The monoisotopic (exact) mass is 721 g/mol. The van der Waals surface area contributed by atoms with E-state index in [-0.39, 0.29) is 12.0 Å². The van der Waals surface area contributed by atoms with Crippen molar-refractivity contribution in [1.29, 1.82) is 0 Å². The molecule has 0 unspecified atom stereocenters. The number of aromatic nitrogens is 1. The van der Waals surface area contributed by atoms with E-state index in [1.807, 2.05) is 51.8 Å². The number of ether oxygens (including phenoxy) is 1. The Bertz CT molecular complexity index is 1340. The van der Waals surface area contributed by atoms with Crippen molar-refractivity contribution in [3.8, 4) is 0 Å². The second-order valence-corrected chi connectivity index (χ2v) is 14.3. The number of carbonyl (C=O) groups is 2. The third-order valence-electron chi connectivity index (χ3n) is 8.02. The van der Waals surface area contributed by atoms with Gasteiger partial charge in [-0.3, -0.25) is 9.78 Å². The Hall–Kier alpha value is -1.90. The maximum atomic E-state index is 13.3. The molecule has 0 radical (unpaired) electrons. The number of piperidine rings is 2. The van der Waals surface area contributed by atoms with Crippen LogP contribution in [0.2, 0.25) is 5.02 Å². The van der Waals surface area contributed by atoms with E-state index < -0.39 is 5.60 Å². The molecule has 0 bridgehead atoms. The van der Waals surface area contributed by atoms with Gasteiger partial charge in [0, 0.05) is 63.9 Å². The number of hydrogen-bond acceptors (Lipinski definition) is 4. The van der Waals surface area contributed by atoms with Gasteiger partial charge < -0.3 is 14.5 Å². The number of aryl methyl sites for hydroxylation is 2. The SMILES string of the molecule is CC.CC(C)(C)OC(=O)N1CCC(CC(=O)N2CCC(=C3c4ncc(Br)cc4CCc4cc(Cl)cc(Br)c43)CC2)CC1. The summed E-state index contributed by atoms with van der Waals surface area (Å²) in [5.74, 6) is 0.520. The van der Waals surface area contributed by atoms with Gasteiger partial charge in [-0.05, 0) is 110 Å². The summed E-state index contributed by atoms with van der Waals surface area (Å²) >= 11 is 13.9. The van der Waals surface area contributed by atoms with E-state index in [0.29, 0.717) is 38.5 Å². The van der Waals surface area contributed by atoms with Crippen molar-refractivity contribution in [2.45, 2.75) is 85.2 Å². The van der Waals surface area contributed by atoms with E-state index in [1.165, 1.54) is 27.8 Å². The quantitative estimate of drug-likeness (QED) is 0.311. The molecule has 3 heterocycles. The van der Waals surface area contributed by atoms with Crippen molar-refractivity contribution >= 4 is 61.0 Å². The number of hydrogen-bond donors (Lipinski definition) is 0. The molecule has 2 fully saturated rings. The summed E-state index contributed by atoms with van der Waals surface area (Å²) in [7, 11) is 0. The summed E-state index contributed by atoms with van der Waals surface area (Å²) in [6, 6.07) is 6.23. The van der Waals surface area contributed by atoms with E-state index in [0.717, 1.165) is 58.2 Å². The van der Waals surface area contributed by atoms with Gasteiger partial charge in [-0.25, -0.2) is 4.79 Å². The molecule has 2 amide bonds. The molecule has 2 saturated heterocycles. The lowest BCUT2D eigenvalue weighted by Crippen LogP contribution is -2.43. The smallest absolute Gasteiger partial charge is 0.410 e. The first-order valence-electron chi connectivity index (χ1n) is 15.1. The Kier molecular flexibility index (Phi) is 11.2. The van der Waals surface area contributed by atoms with Crippen LogP contribution in [0.5, 0.6) is 0 Å². The highest BCUT2D eigenvalue weighted by Gasteiger charge is 2.31. The fourth-order valence-corrected chi connectivity index (χ4v) is 7.48. The number of rotatable bonds is 2. The molecule has 0 atom stereocenters. The minimum atomic E-state index is -0.497. The lowest BCUT2D eigenvalue weighted by Gasteiger charge is -2.35. The average Bonchev–Trinajstić information content (AvgIpc) is 3.10. The third kappa shape index (κ3) is 7.97. The van der Waals surface area contributed by atoms with Crippen LogP contribution in [0.3, 0.4) is 0 Å². The van der Waals surface area contributed by atoms with E-state index >= 15 is 0 Å². The molecule has 228 valence electrons. The van der Waals surface area contributed by atoms with Crippen molar-refractivity contribution in [1.82, 2.24) is 14.8 Å². The number of carbonyl (C=O) groups excluding carboxylic acids is 2. The molecule has 0 N–H and O–H groups in total. The third-order valence-corrected chi connectivity index (χ3v) is 9.30. The van der Waals surface area contributed by atoms with Gasteiger partial charge in [-0.2, -0.15) is 0 Å². The minimum absolute atomic E-state index is 0.219. The molecule has 0 spiro atoms. The minimum Gasteiger partial charge on any atom is -0.444 e. The highest BCUT2D eigenvalue weighted by molar-refractivity contribution is 9.10. The highest BCUT2D eigenvalue weighted by Crippen LogP contribution is 2.42. The van der Waals surface area contributed by atoms with Crippen LogP contribution >= 0.6 is 43.5 Å². The average molecular weight is 724 g/mol. The Balaban J connectivity index is 0.00000198. The summed E-state index contributed by atoms with van der Waals surface area (Å²) in [6.45, 7) is 12.4. The Morgan fingerprint density at radius 3 is 2.24 bits per heavy atom. The molecule has 1 aliphatic carbocycles. The van der Waals surface area contributed by atoms with E-state index in [4.69, 9.17) is 21.3 Å². The van der Waals surface area contributed by atoms with Crippen molar-refractivity contribution < 1.29 is 14.3 Å². The van der Waals surface area contributed by atoms with Gasteiger partial charge >= 0.3 is 6.09 Å². The molecule has 6 nitrogen and oxygen atoms in total. The van der Waals surface area contributed by atoms with Crippen molar-refractivity contribution in [2.75, 3.05) is 26.2 Å². The number of benzene rings is 1. The summed E-state index contributed by atoms with van der Waals surface area (Å²) in [5.41, 5.74) is 6.72. The summed E-state index contributed by atoms with van der Waals surface area (Å²) in [4.78, 5) is 34.4. The van der Waals surface area contributed by atoms with E-state index in [1.54, 1.807) is 4.90 Å². The zero-order chi connectivity index (χ0) is 30.6. The topological polar surface area (TPSA) is 62.7 Å². The molecule has 3 aliphatic rings. The van der Waals surface area contributed by atoms with Gasteiger partial charge in [-0.15, -0.1) is 0 Å². The van der Waals surface area contributed by atoms with Crippen molar-refractivity contribution in [2.24, 2.45) is 5.92 Å². The van der Waals surface area contributed by atoms with Crippen LogP contribution in [0.15, 0.2) is 38.9 Å². The second kappa shape index (κ2) is 14.3. The second-order valence-electron chi connectivity index (χ2n) is 12.1. The molecule has 1 aromatic heterocycles. The molecule has 42 heavy (non-hydrogen) atoms. The highest BCUT2D eigenvalue weighted by atomic mass is 79.9. The van der Waals surface area contributed by atoms with Gasteiger partial charge in [0.2, 0.25) is 5.91 Å². The maximum Gasteiger partial charge on any atom is 0.410 e. The first-order chi connectivity index (χ1) is 20.0. The predicted octanol–water partition coefficient (Wildman–Crippen LogP) is 8.85. The van der Waals surface area contributed by atoms with E-state index in [9.17, 15) is 9.59 Å². The fraction of sp³-hybridized carbons (Fsp3) is 0.545. The zero-order valence-corrected chi connectivity index (χ0v) is 29.3. The first-order valence-corrected chi connectivity index (χ1v) is 17.1. The Labute approximate surface area is 272 Å². The summed E-state index contributed by atoms with van der Waals surface area (Å²) in [5, 5.41) is 0.729. The van der Waals surface area contributed by atoms with Crippen molar-refractivity contribution in [3.63, 3.8) is 0 Å². The Morgan fingerprint density at radius 2 is 1.60 bits per heavy atom. The van der Waals surface area contributed by atoms with Gasteiger partial charge in [0.15, 0.2) is 0 Å². The van der Waals surface area contributed by atoms with Gasteiger partial charge in [0.1, 0.15) is 5.60 Å². The van der Waals surface area contributed by atoms with Crippen molar-refractivity contribution in [3.05, 3.63) is 66.3 Å². The first kappa shape index (κ1) is 33.0. The Morgan fingerprint density at radius 1 is 0.952 bits per heavy atom. The number of amides is 2. The lowest BCUT2D eigenvalue weighted by molar-refractivity contribution is -0.133. The van der Waals surface area contributed by atoms with Gasteiger partial charge in [-0.1, -0.05) is 47.0 Å². The number of likely N-dealkylation sites (tertiary alicyclic amines) is 2. The molecule has 2 aliphatic heterocycles. The van der Waals surface area contributed by atoms with Gasteiger partial charge in [0.05, 0.1) is 5.69 Å². The molecule has 2 aromatic rings. The van der Waals surface area contributed by atoms with Crippen LogP contribution in [-0.2, 0) is 22.4 Å². The van der Waals surface area contributed by atoms with Crippen LogP contribution in [0.4, 0.5) is 4.79 Å². The molecular formula is C33H42Br2ClN3O3. The number of pyridine rings is 1. The standard InChI is InChI=1S/C31H36Br2ClN3O3.C2H6/c1-31(2,3)40-30(39)37-10-6-19(7-11-37)14-26(38)36-12-8-20(9-13-36)28-27-21(16-24(34)17-25(27)33)4-5-22-15-23(32)18-35-29(22)28;1-2/h15-19H,4-14H2,1-3H3;1-2H3. The predicted molar refractivity (Wildman–Crippen MR) is 177 cm³/mol. The molecular weight excluding hydrogens is 682 g/mol. The van der Waals surface area contributed by atoms with Crippen LogP contribution in [-0.4, -0.2) is 58.6 Å². The van der Waals surface area contributed by atoms with Crippen LogP contribution < -0.4 is 0 Å². The summed E-state index contributed by atoms with van der Waals surface area (Å²) < 4.78 is 7.49. The largest absolute Gasteiger partial charge is 0.444 e. The normalized spacial score (nSPS) is 17.5. The van der Waals surface area contributed by atoms with Crippen LogP contribution in [0.1, 0.15) is 89.1 Å². The van der Waals surface area contributed by atoms with Crippen LogP contribution in [0.25, 0.3) is 5.57 Å². The molecule has 5 rings (SSSR count). The summed E-state index contributed by atoms with van der Waals surface area (Å²) in [6.07, 6.45) is 7.27. The maximum absolute atomic E-state index is 13.3. The molecule has 1 aromatic carbocycles. The van der Waals surface area contributed by atoms with E-state index in [2.05, 4.69) is 44.0 Å². The number of nitrogens with zero attached hydrogens (tertiary/aromatic N) is 3. The fourth-order valence-electron chi connectivity index (χ4n) is 6.03. The molecule has 0 saturated carbocycles. The molecule has 9 heteroatoms. The van der Waals surface area contributed by atoms with Crippen LogP contribution in [0, 0.1) is 5.92 Å². The lowest BCUT2D eigenvalue weighted by atomic mass is 9.88. The number of fused-ring (bicyclic) bond motifs is 2.